The lowest BCUT2D eigenvalue weighted by atomic mass is 10.1. The van der Waals surface area contributed by atoms with E-state index in [4.69, 9.17) is 18.0 Å². The molecule has 0 bridgehead atoms. The Labute approximate surface area is 136 Å². The molecule has 0 radical (unpaired) electrons. The second-order valence-corrected chi connectivity index (χ2v) is 7.82. The predicted octanol–water partition coefficient (Wildman–Crippen LogP) is 3.71. The van der Waals surface area contributed by atoms with Crippen LogP contribution in [0.3, 0.4) is 0 Å². The monoisotopic (exact) mass is 332 g/mol. The number of esters is 1. The van der Waals surface area contributed by atoms with E-state index in [9.17, 15) is 4.79 Å². The van der Waals surface area contributed by atoms with Gasteiger partial charge in [-0.15, -0.1) is 0 Å². The molecule has 0 saturated carbocycles. The molecule has 0 N–H and O–H groups in total. The molecule has 0 aliphatic rings. The first-order valence-electron chi connectivity index (χ1n) is 8.22. The summed E-state index contributed by atoms with van der Waals surface area (Å²) in [4.78, 5) is 11.6. The van der Waals surface area contributed by atoms with Crippen LogP contribution in [0.4, 0.5) is 0 Å². The molecule has 0 spiro atoms. The molecule has 5 nitrogen and oxygen atoms in total. The summed E-state index contributed by atoms with van der Waals surface area (Å²) in [5.41, 5.74) is 0.431. The number of carbonyl (C=O) groups is 1. The quantitative estimate of drug-likeness (QED) is 0.292. The van der Waals surface area contributed by atoms with Crippen molar-refractivity contribution in [3.8, 4) is 0 Å². The molecule has 1 atom stereocenters. The van der Waals surface area contributed by atoms with E-state index in [1.165, 1.54) is 0 Å². The number of carbonyl (C=O) groups excluding carboxylic acids is 1. The summed E-state index contributed by atoms with van der Waals surface area (Å²) >= 11 is 0. The van der Waals surface area contributed by atoms with E-state index in [-0.39, 0.29) is 12.1 Å². The van der Waals surface area contributed by atoms with Crippen molar-refractivity contribution in [2.24, 2.45) is 0 Å². The molecule has 22 heavy (non-hydrogen) atoms. The fourth-order valence-corrected chi connectivity index (χ4v) is 4.79. The predicted molar refractivity (Wildman–Crippen MR) is 89.7 cm³/mol. The molecule has 0 heterocycles. The van der Waals surface area contributed by atoms with Crippen LogP contribution in [0.25, 0.3) is 0 Å². The largest absolute Gasteiger partial charge is 0.500 e. The summed E-state index contributed by atoms with van der Waals surface area (Å²) in [6, 6.07) is 0.740. The maximum Gasteiger partial charge on any atom is 0.500 e. The molecule has 0 aromatic rings. The maximum atomic E-state index is 11.6. The van der Waals surface area contributed by atoms with Crippen LogP contribution in [0.5, 0.6) is 0 Å². The summed E-state index contributed by atoms with van der Waals surface area (Å²) in [5, 5.41) is 0. The summed E-state index contributed by atoms with van der Waals surface area (Å²) in [7, 11) is -2.59. The van der Waals surface area contributed by atoms with Crippen LogP contribution in [0.1, 0.15) is 53.9 Å². The van der Waals surface area contributed by atoms with Crippen molar-refractivity contribution in [3.63, 3.8) is 0 Å². The molecule has 0 saturated heterocycles. The van der Waals surface area contributed by atoms with E-state index in [0.717, 1.165) is 25.3 Å². The molecule has 0 amide bonds. The third-order valence-electron chi connectivity index (χ3n) is 3.18. The van der Waals surface area contributed by atoms with Crippen molar-refractivity contribution in [1.29, 1.82) is 0 Å². The average Bonchev–Trinajstić information content (AvgIpc) is 2.46. The van der Waals surface area contributed by atoms with Gasteiger partial charge in [0.1, 0.15) is 6.10 Å². The molecule has 0 aromatic carbocycles. The van der Waals surface area contributed by atoms with Crippen LogP contribution in [0.15, 0.2) is 12.2 Å². The molecule has 130 valence electrons. The van der Waals surface area contributed by atoms with Crippen LogP contribution in [-0.4, -0.2) is 40.7 Å². The summed E-state index contributed by atoms with van der Waals surface area (Å²) < 4.78 is 22.9. The number of ether oxygens (including phenoxy) is 1. The van der Waals surface area contributed by atoms with Crippen LogP contribution in [0, 0.1) is 0 Å². The van der Waals surface area contributed by atoms with E-state index < -0.39 is 8.80 Å². The lowest BCUT2D eigenvalue weighted by Gasteiger charge is -2.29. The van der Waals surface area contributed by atoms with Gasteiger partial charge in [0.15, 0.2) is 0 Å². The minimum absolute atomic E-state index is 0.0965. The molecule has 6 heteroatoms. The highest BCUT2D eigenvalue weighted by Crippen LogP contribution is 2.21. The smallest absolute Gasteiger partial charge is 0.459 e. The van der Waals surface area contributed by atoms with Crippen molar-refractivity contribution in [3.05, 3.63) is 12.2 Å². The van der Waals surface area contributed by atoms with Gasteiger partial charge in [-0.3, -0.25) is 0 Å². The molecule has 0 aromatic heterocycles. The third kappa shape index (κ3) is 8.08. The lowest BCUT2D eigenvalue weighted by molar-refractivity contribution is -0.144. The summed E-state index contributed by atoms with van der Waals surface area (Å²) in [6.07, 6.45) is 2.30. The normalized spacial score (nSPS) is 13.0. The first-order chi connectivity index (χ1) is 10.4. The van der Waals surface area contributed by atoms with Crippen LogP contribution in [-0.2, 0) is 22.8 Å². The highest BCUT2D eigenvalue weighted by molar-refractivity contribution is 6.60. The van der Waals surface area contributed by atoms with E-state index in [1.54, 1.807) is 6.92 Å². The van der Waals surface area contributed by atoms with Gasteiger partial charge in [-0.2, -0.15) is 0 Å². The Bertz CT molecular complexity index is 315. The van der Waals surface area contributed by atoms with Crippen molar-refractivity contribution < 1.29 is 22.8 Å². The van der Waals surface area contributed by atoms with Crippen molar-refractivity contribution in [2.45, 2.75) is 66.0 Å². The highest BCUT2D eigenvalue weighted by Gasteiger charge is 2.39. The minimum Gasteiger partial charge on any atom is -0.459 e. The Balaban J connectivity index is 4.50. The fraction of sp³-hybridized carbons (Fsp3) is 0.812. The number of rotatable bonds is 13. The van der Waals surface area contributed by atoms with Gasteiger partial charge in [0.2, 0.25) is 0 Å². The first-order valence-corrected chi connectivity index (χ1v) is 10.2. The lowest BCUT2D eigenvalue weighted by Crippen LogP contribution is -2.46. The minimum atomic E-state index is -2.59. The van der Waals surface area contributed by atoms with E-state index in [0.29, 0.717) is 25.4 Å². The van der Waals surface area contributed by atoms with Gasteiger partial charge in [0.05, 0.1) is 0 Å². The molecule has 0 aliphatic heterocycles. The Morgan fingerprint density at radius 3 is 1.91 bits per heavy atom. The van der Waals surface area contributed by atoms with Gasteiger partial charge in [-0.05, 0) is 47.0 Å². The molecule has 0 rings (SSSR count). The van der Waals surface area contributed by atoms with Crippen LogP contribution < -0.4 is 0 Å². The fourth-order valence-electron chi connectivity index (χ4n) is 2.15. The van der Waals surface area contributed by atoms with Crippen molar-refractivity contribution in [1.82, 2.24) is 0 Å². The Kier molecular flexibility index (Phi) is 11.4. The van der Waals surface area contributed by atoms with E-state index in [1.807, 2.05) is 27.7 Å². The van der Waals surface area contributed by atoms with Gasteiger partial charge < -0.3 is 18.0 Å². The average molecular weight is 333 g/mol. The van der Waals surface area contributed by atoms with Gasteiger partial charge in [-0.1, -0.05) is 13.5 Å². The van der Waals surface area contributed by atoms with Gasteiger partial charge in [-0.25, -0.2) is 4.79 Å². The van der Waals surface area contributed by atoms with Crippen LogP contribution >= 0.6 is 0 Å². The summed E-state index contributed by atoms with van der Waals surface area (Å²) in [5.74, 6) is -0.324. The number of hydrogen-bond donors (Lipinski definition) is 0. The second-order valence-electron chi connectivity index (χ2n) is 5.09. The Hall–Kier alpha value is -0.693. The van der Waals surface area contributed by atoms with Crippen LogP contribution in [0.2, 0.25) is 6.04 Å². The molecular formula is C16H32O5Si. The Morgan fingerprint density at radius 2 is 1.55 bits per heavy atom. The zero-order valence-corrected chi connectivity index (χ0v) is 15.8. The second kappa shape index (κ2) is 11.8. The Morgan fingerprint density at radius 1 is 1.05 bits per heavy atom. The van der Waals surface area contributed by atoms with E-state index >= 15 is 0 Å². The zero-order valence-electron chi connectivity index (χ0n) is 14.8. The SMILES string of the molecule is C=C(C)C(=O)OC(CC)CCC[Si](OCC)(OCC)OCC. The molecular weight excluding hydrogens is 300 g/mol. The third-order valence-corrected chi connectivity index (χ3v) is 6.33. The van der Waals surface area contributed by atoms with E-state index in [2.05, 4.69) is 6.58 Å². The standard InChI is InChI=1S/C16H32O5Si/c1-7-15(21-16(17)14(5)6)12-11-13-22(18-8-2,19-9-3)20-10-4/h15H,5,7-13H2,1-4,6H3. The summed E-state index contributed by atoms with van der Waals surface area (Å²) in [6.45, 7) is 14.9. The first kappa shape index (κ1) is 21.3. The molecule has 0 fully saturated rings. The maximum absolute atomic E-state index is 11.6. The van der Waals surface area contributed by atoms with Gasteiger partial charge >= 0.3 is 14.8 Å². The highest BCUT2D eigenvalue weighted by atomic mass is 28.4. The van der Waals surface area contributed by atoms with Crippen molar-refractivity contribution in [2.75, 3.05) is 19.8 Å². The topological polar surface area (TPSA) is 54.0 Å². The van der Waals surface area contributed by atoms with Gasteiger partial charge in [0.25, 0.3) is 0 Å². The van der Waals surface area contributed by atoms with Gasteiger partial charge in [0, 0.05) is 31.4 Å². The zero-order chi connectivity index (χ0) is 17.0. The molecule has 0 aliphatic carbocycles. The van der Waals surface area contributed by atoms with Crippen molar-refractivity contribution >= 4 is 14.8 Å². The molecule has 1 unspecified atom stereocenters. The number of hydrogen-bond acceptors (Lipinski definition) is 5.